The van der Waals surface area contributed by atoms with Gasteiger partial charge in [0.1, 0.15) is 0 Å². The van der Waals surface area contributed by atoms with E-state index in [0.29, 0.717) is 12.2 Å². The lowest BCUT2D eigenvalue weighted by Crippen LogP contribution is -2.03. The Morgan fingerprint density at radius 3 is 2.93 bits per heavy atom. The molecule has 0 saturated heterocycles. The van der Waals surface area contributed by atoms with Crippen molar-refractivity contribution in [1.82, 2.24) is 9.78 Å². The molecular weight excluding hydrogens is 246 g/mol. The first kappa shape index (κ1) is 9.33. The van der Waals surface area contributed by atoms with Gasteiger partial charge in [0, 0.05) is 5.56 Å². The van der Waals surface area contributed by atoms with Crippen molar-refractivity contribution >= 4 is 21.6 Å². The number of halogens is 1. The standard InChI is InChI=1S/C9H10BrN3O/c1-6-8(11)3-12-13(6)4-7-2-9(10)14-5-7/h2-3,5H,4,11H2,1H3. The number of nitrogen functional groups attached to an aromatic ring is 1. The normalized spacial score (nSPS) is 10.7. The van der Waals surface area contributed by atoms with Crippen LogP contribution in [0.5, 0.6) is 0 Å². The fourth-order valence-electron chi connectivity index (χ4n) is 1.22. The summed E-state index contributed by atoms with van der Waals surface area (Å²) in [6, 6.07) is 1.91. The number of anilines is 1. The third-order valence-electron chi connectivity index (χ3n) is 2.10. The fourth-order valence-corrected chi connectivity index (χ4v) is 1.61. The van der Waals surface area contributed by atoms with Crippen LogP contribution in [0.2, 0.25) is 0 Å². The molecule has 0 spiro atoms. The second kappa shape index (κ2) is 3.49. The van der Waals surface area contributed by atoms with Gasteiger partial charge in [0.15, 0.2) is 4.67 Å². The topological polar surface area (TPSA) is 57.0 Å². The third kappa shape index (κ3) is 1.68. The molecule has 2 heterocycles. The van der Waals surface area contributed by atoms with E-state index in [1.165, 1.54) is 0 Å². The van der Waals surface area contributed by atoms with Crippen molar-refractivity contribution in [3.8, 4) is 0 Å². The Morgan fingerprint density at radius 1 is 1.64 bits per heavy atom. The van der Waals surface area contributed by atoms with E-state index in [0.717, 1.165) is 15.9 Å². The molecule has 0 fully saturated rings. The quantitative estimate of drug-likeness (QED) is 0.895. The number of rotatable bonds is 2. The molecular formula is C9H10BrN3O. The average molecular weight is 256 g/mol. The minimum Gasteiger partial charge on any atom is -0.457 e. The molecule has 2 rings (SSSR count). The zero-order valence-electron chi connectivity index (χ0n) is 7.70. The molecule has 4 nitrogen and oxygen atoms in total. The van der Waals surface area contributed by atoms with Crippen LogP contribution in [0.4, 0.5) is 5.69 Å². The molecule has 0 amide bonds. The Hall–Kier alpha value is -1.23. The molecule has 2 N–H and O–H groups in total. The number of hydrogen-bond donors (Lipinski definition) is 1. The van der Waals surface area contributed by atoms with Crippen molar-refractivity contribution < 1.29 is 4.42 Å². The molecule has 2 aromatic rings. The summed E-state index contributed by atoms with van der Waals surface area (Å²) < 4.78 is 7.69. The van der Waals surface area contributed by atoms with Crippen LogP contribution in [-0.4, -0.2) is 9.78 Å². The maximum atomic E-state index is 5.68. The van der Waals surface area contributed by atoms with Gasteiger partial charge in [-0.2, -0.15) is 5.10 Å². The van der Waals surface area contributed by atoms with E-state index < -0.39 is 0 Å². The molecule has 0 bridgehead atoms. The van der Waals surface area contributed by atoms with E-state index in [1.807, 2.05) is 17.7 Å². The van der Waals surface area contributed by atoms with Crippen molar-refractivity contribution in [2.45, 2.75) is 13.5 Å². The minimum atomic E-state index is 0.679. The van der Waals surface area contributed by atoms with Gasteiger partial charge in [0.05, 0.1) is 30.4 Å². The van der Waals surface area contributed by atoms with Crippen LogP contribution in [0.1, 0.15) is 11.3 Å². The van der Waals surface area contributed by atoms with Gasteiger partial charge < -0.3 is 10.2 Å². The van der Waals surface area contributed by atoms with E-state index in [2.05, 4.69) is 21.0 Å². The highest BCUT2D eigenvalue weighted by atomic mass is 79.9. The van der Waals surface area contributed by atoms with Crippen molar-refractivity contribution in [2.75, 3.05) is 5.73 Å². The van der Waals surface area contributed by atoms with Gasteiger partial charge in [0.2, 0.25) is 0 Å². The Balaban J connectivity index is 2.22. The molecule has 0 aromatic carbocycles. The van der Waals surface area contributed by atoms with E-state index in [4.69, 9.17) is 10.2 Å². The lowest BCUT2D eigenvalue weighted by Gasteiger charge is -2.01. The maximum absolute atomic E-state index is 5.68. The van der Waals surface area contributed by atoms with E-state index in [9.17, 15) is 0 Å². The number of nitrogens with zero attached hydrogens (tertiary/aromatic N) is 2. The van der Waals surface area contributed by atoms with Gasteiger partial charge in [-0.15, -0.1) is 0 Å². The van der Waals surface area contributed by atoms with Gasteiger partial charge in [-0.05, 0) is 28.9 Å². The molecule has 0 atom stereocenters. The predicted octanol–water partition coefficient (Wildman–Crippen LogP) is 2.18. The summed E-state index contributed by atoms with van der Waals surface area (Å²) in [5.41, 5.74) is 8.43. The maximum Gasteiger partial charge on any atom is 0.169 e. The summed E-state index contributed by atoms with van der Waals surface area (Å²) in [6.07, 6.45) is 3.35. The molecule has 74 valence electrons. The summed E-state index contributed by atoms with van der Waals surface area (Å²) in [7, 11) is 0. The zero-order chi connectivity index (χ0) is 10.1. The summed E-state index contributed by atoms with van der Waals surface area (Å²) in [6.45, 7) is 2.62. The second-order valence-electron chi connectivity index (χ2n) is 3.10. The van der Waals surface area contributed by atoms with Crippen LogP contribution in [0, 0.1) is 6.92 Å². The highest BCUT2D eigenvalue weighted by Gasteiger charge is 2.05. The lowest BCUT2D eigenvalue weighted by atomic mass is 10.3. The van der Waals surface area contributed by atoms with Crippen LogP contribution in [0.15, 0.2) is 27.6 Å². The Bertz CT molecular complexity index is 447. The average Bonchev–Trinajstić information content (AvgIpc) is 2.67. The number of furan rings is 1. The fraction of sp³-hybridized carbons (Fsp3) is 0.222. The van der Waals surface area contributed by atoms with Crippen LogP contribution in [0.25, 0.3) is 0 Å². The molecule has 5 heteroatoms. The molecule has 0 saturated carbocycles. The van der Waals surface area contributed by atoms with Crippen molar-refractivity contribution in [3.63, 3.8) is 0 Å². The number of aromatic nitrogens is 2. The summed E-state index contributed by atoms with van der Waals surface area (Å²) in [4.78, 5) is 0. The Morgan fingerprint density at radius 2 is 2.43 bits per heavy atom. The predicted molar refractivity (Wildman–Crippen MR) is 56.9 cm³/mol. The Kier molecular flexibility index (Phi) is 2.33. The van der Waals surface area contributed by atoms with Crippen molar-refractivity contribution in [1.29, 1.82) is 0 Å². The molecule has 2 aromatic heterocycles. The third-order valence-corrected chi connectivity index (χ3v) is 2.51. The second-order valence-corrected chi connectivity index (χ2v) is 3.88. The Labute approximate surface area is 89.8 Å². The first-order valence-corrected chi connectivity index (χ1v) is 4.97. The van der Waals surface area contributed by atoms with Crippen LogP contribution in [-0.2, 0) is 6.54 Å². The highest BCUT2D eigenvalue weighted by Crippen LogP contribution is 2.16. The summed E-state index contributed by atoms with van der Waals surface area (Å²) in [5, 5.41) is 4.15. The molecule has 0 radical (unpaired) electrons. The van der Waals surface area contributed by atoms with E-state index in [-0.39, 0.29) is 0 Å². The molecule has 0 aliphatic rings. The molecule has 0 aliphatic carbocycles. The monoisotopic (exact) mass is 255 g/mol. The van der Waals surface area contributed by atoms with Gasteiger partial charge in [-0.3, -0.25) is 4.68 Å². The van der Waals surface area contributed by atoms with Crippen molar-refractivity contribution in [3.05, 3.63) is 34.5 Å². The van der Waals surface area contributed by atoms with Gasteiger partial charge >= 0.3 is 0 Å². The first-order chi connectivity index (χ1) is 6.66. The lowest BCUT2D eigenvalue weighted by molar-refractivity contribution is 0.535. The SMILES string of the molecule is Cc1c(N)cnn1Cc1coc(Br)c1. The number of hydrogen-bond acceptors (Lipinski definition) is 3. The van der Waals surface area contributed by atoms with Crippen LogP contribution < -0.4 is 5.73 Å². The molecule has 14 heavy (non-hydrogen) atoms. The largest absolute Gasteiger partial charge is 0.457 e. The first-order valence-electron chi connectivity index (χ1n) is 4.17. The molecule has 0 aliphatic heterocycles. The highest BCUT2D eigenvalue weighted by molar-refractivity contribution is 9.10. The number of nitrogens with two attached hydrogens (primary N) is 1. The van der Waals surface area contributed by atoms with Gasteiger partial charge in [-0.1, -0.05) is 0 Å². The van der Waals surface area contributed by atoms with E-state index in [1.54, 1.807) is 12.5 Å². The summed E-state index contributed by atoms with van der Waals surface area (Å²) >= 11 is 3.25. The van der Waals surface area contributed by atoms with Crippen LogP contribution in [0.3, 0.4) is 0 Å². The van der Waals surface area contributed by atoms with Gasteiger partial charge in [0.25, 0.3) is 0 Å². The smallest absolute Gasteiger partial charge is 0.169 e. The van der Waals surface area contributed by atoms with Crippen molar-refractivity contribution in [2.24, 2.45) is 0 Å². The summed E-state index contributed by atoms with van der Waals surface area (Å²) in [5.74, 6) is 0. The molecule has 0 unspecified atom stereocenters. The van der Waals surface area contributed by atoms with Gasteiger partial charge in [-0.25, -0.2) is 0 Å². The minimum absolute atomic E-state index is 0.679. The van der Waals surface area contributed by atoms with Crippen LogP contribution >= 0.6 is 15.9 Å². The van der Waals surface area contributed by atoms with E-state index >= 15 is 0 Å². The zero-order valence-corrected chi connectivity index (χ0v) is 9.28.